The van der Waals surface area contributed by atoms with Crippen LogP contribution in [0.2, 0.25) is 0 Å². The lowest BCUT2D eigenvalue weighted by Crippen LogP contribution is -2.53. The lowest BCUT2D eigenvalue weighted by molar-refractivity contribution is -0.121. The Bertz CT molecular complexity index is 661. The Morgan fingerprint density at radius 2 is 2.14 bits per heavy atom. The number of carbonyl (C=O) groups is 1. The highest BCUT2D eigenvalue weighted by atomic mass is 16.2. The molecule has 3 rings (SSSR count). The number of carbonyl (C=O) groups excluding carboxylic acids is 1. The zero-order valence-corrected chi connectivity index (χ0v) is 12.5. The highest BCUT2D eigenvalue weighted by Crippen LogP contribution is 2.31. The van der Waals surface area contributed by atoms with Gasteiger partial charge in [-0.1, -0.05) is 32.0 Å². The summed E-state index contributed by atoms with van der Waals surface area (Å²) in [5, 5.41) is 7.42. The molecule has 2 aromatic rings. The van der Waals surface area contributed by atoms with E-state index in [4.69, 9.17) is 0 Å². The minimum atomic E-state index is -0.162. The third-order valence-electron chi connectivity index (χ3n) is 4.28. The van der Waals surface area contributed by atoms with Gasteiger partial charge in [0.05, 0.1) is 17.2 Å². The predicted octanol–water partition coefficient (Wildman–Crippen LogP) is 2.95. The third kappa shape index (κ3) is 2.76. The molecular formula is C17H21N3O. The number of nitrogens with one attached hydrogen (secondary N) is 2. The second kappa shape index (κ2) is 5.45. The topological polar surface area (TPSA) is 54.0 Å². The number of para-hydroxylation sites is 1. The van der Waals surface area contributed by atoms with E-state index < -0.39 is 0 Å². The molecule has 1 amide bonds. The largest absolute Gasteiger partial charge is 0.323 e. The van der Waals surface area contributed by atoms with E-state index in [1.165, 1.54) is 0 Å². The molecule has 4 nitrogen and oxygen atoms in total. The monoisotopic (exact) mass is 283 g/mol. The molecule has 1 atom stereocenters. The number of anilines is 1. The van der Waals surface area contributed by atoms with Gasteiger partial charge < -0.3 is 10.6 Å². The predicted molar refractivity (Wildman–Crippen MR) is 85.2 cm³/mol. The first-order chi connectivity index (χ1) is 10.1. The molecule has 0 radical (unpaired) electrons. The number of hydrogen-bond acceptors (Lipinski definition) is 3. The van der Waals surface area contributed by atoms with Crippen molar-refractivity contribution in [1.82, 2.24) is 10.3 Å². The average Bonchev–Trinajstić information content (AvgIpc) is 2.47. The summed E-state index contributed by atoms with van der Waals surface area (Å²) in [6.07, 6.45) is 3.93. The fourth-order valence-electron chi connectivity index (χ4n) is 3.07. The smallest absolute Gasteiger partial charge is 0.242 e. The van der Waals surface area contributed by atoms with Crippen LogP contribution in [0.5, 0.6) is 0 Å². The molecule has 21 heavy (non-hydrogen) atoms. The first-order valence-electron chi connectivity index (χ1n) is 7.46. The summed E-state index contributed by atoms with van der Waals surface area (Å²) in [5.74, 6) is 0.0258. The number of pyridine rings is 1. The molecule has 2 heterocycles. The van der Waals surface area contributed by atoms with Crippen molar-refractivity contribution in [1.29, 1.82) is 0 Å². The van der Waals surface area contributed by atoms with E-state index >= 15 is 0 Å². The van der Waals surface area contributed by atoms with Crippen LogP contribution in [0.25, 0.3) is 10.9 Å². The van der Waals surface area contributed by atoms with Gasteiger partial charge in [-0.2, -0.15) is 0 Å². The van der Waals surface area contributed by atoms with E-state index in [2.05, 4.69) is 29.5 Å². The Kier molecular flexibility index (Phi) is 3.64. The van der Waals surface area contributed by atoms with Gasteiger partial charge in [-0.15, -0.1) is 0 Å². The Balaban J connectivity index is 1.86. The van der Waals surface area contributed by atoms with Crippen LogP contribution in [0.1, 0.15) is 26.7 Å². The second-order valence-electron chi connectivity index (χ2n) is 6.35. The minimum absolute atomic E-state index is 0.0258. The zero-order valence-electron chi connectivity index (χ0n) is 12.5. The highest BCUT2D eigenvalue weighted by molar-refractivity contribution is 6.02. The molecule has 1 unspecified atom stereocenters. The molecule has 1 aliphatic heterocycles. The molecule has 1 aromatic carbocycles. The van der Waals surface area contributed by atoms with E-state index in [0.29, 0.717) is 0 Å². The first-order valence-corrected chi connectivity index (χ1v) is 7.46. The van der Waals surface area contributed by atoms with Crippen molar-refractivity contribution in [3.05, 3.63) is 36.5 Å². The maximum Gasteiger partial charge on any atom is 0.242 e. The first kappa shape index (κ1) is 14.0. The van der Waals surface area contributed by atoms with Gasteiger partial charge in [0.15, 0.2) is 0 Å². The maximum absolute atomic E-state index is 12.6. The van der Waals surface area contributed by atoms with Crippen LogP contribution >= 0.6 is 0 Å². The SMILES string of the molecule is CC1(C)CCCNC1C(=O)Nc1cccc2cccnc12. The molecule has 2 N–H and O–H groups in total. The van der Waals surface area contributed by atoms with Gasteiger partial charge in [0, 0.05) is 11.6 Å². The van der Waals surface area contributed by atoms with E-state index in [9.17, 15) is 4.79 Å². The van der Waals surface area contributed by atoms with Crippen molar-refractivity contribution in [2.45, 2.75) is 32.7 Å². The van der Waals surface area contributed by atoms with E-state index in [1.54, 1.807) is 6.20 Å². The lowest BCUT2D eigenvalue weighted by atomic mass is 9.77. The molecule has 110 valence electrons. The van der Waals surface area contributed by atoms with Gasteiger partial charge in [0.25, 0.3) is 0 Å². The van der Waals surface area contributed by atoms with E-state index in [0.717, 1.165) is 36.0 Å². The van der Waals surface area contributed by atoms with Gasteiger partial charge in [-0.25, -0.2) is 0 Å². The van der Waals surface area contributed by atoms with Crippen LogP contribution in [0.15, 0.2) is 36.5 Å². The summed E-state index contributed by atoms with van der Waals surface area (Å²) in [6, 6.07) is 9.59. The van der Waals surface area contributed by atoms with Crippen molar-refractivity contribution in [3.63, 3.8) is 0 Å². The molecule has 0 aliphatic carbocycles. The van der Waals surface area contributed by atoms with Gasteiger partial charge in [-0.3, -0.25) is 9.78 Å². The van der Waals surface area contributed by atoms with Crippen LogP contribution < -0.4 is 10.6 Å². The van der Waals surface area contributed by atoms with E-state index in [1.807, 2.05) is 30.3 Å². The quantitative estimate of drug-likeness (QED) is 0.891. The Morgan fingerprint density at radius 1 is 1.33 bits per heavy atom. The number of fused-ring (bicyclic) bond motifs is 1. The summed E-state index contributed by atoms with van der Waals surface area (Å²) in [6.45, 7) is 5.19. The number of piperidine rings is 1. The van der Waals surface area contributed by atoms with Crippen LogP contribution in [0.3, 0.4) is 0 Å². The van der Waals surface area contributed by atoms with Crippen molar-refractivity contribution in [2.24, 2.45) is 5.41 Å². The van der Waals surface area contributed by atoms with Gasteiger partial charge in [0.1, 0.15) is 0 Å². The molecule has 0 spiro atoms. The molecule has 1 fully saturated rings. The number of hydrogen-bond donors (Lipinski definition) is 2. The van der Waals surface area contributed by atoms with Gasteiger partial charge in [-0.05, 0) is 36.9 Å². The lowest BCUT2D eigenvalue weighted by Gasteiger charge is -2.38. The molecule has 0 bridgehead atoms. The van der Waals surface area contributed by atoms with Crippen molar-refractivity contribution < 1.29 is 4.79 Å². The molecule has 1 aromatic heterocycles. The Morgan fingerprint density at radius 3 is 2.95 bits per heavy atom. The minimum Gasteiger partial charge on any atom is -0.323 e. The van der Waals surface area contributed by atoms with Crippen molar-refractivity contribution in [2.75, 3.05) is 11.9 Å². The summed E-state index contributed by atoms with van der Waals surface area (Å²) >= 11 is 0. The summed E-state index contributed by atoms with van der Waals surface area (Å²) in [5.41, 5.74) is 1.59. The second-order valence-corrected chi connectivity index (χ2v) is 6.35. The van der Waals surface area contributed by atoms with Gasteiger partial charge >= 0.3 is 0 Å². The molecular weight excluding hydrogens is 262 g/mol. The number of amides is 1. The highest BCUT2D eigenvalue weighted by Gasteiger charge is 2.37. The summed E-state index contributed by atoms with van der Waals surface area (Å²) < 4.78 is 0. The fraction of sp³-hybridized carbons (Fsp3) is 0.412. The Hall–Kier alpha value is -1.94. The Labute approximate surface area is 125 Å². The van der Waals surface area contributed by atoms with E-state index in [-0.39, 0.29) is 17.4 Å². The van der Waals surface area contributed by atoms with Crippen molar-refractivity contribution in [3.8, 4) is 0 Å². The van der Waals surface area contributed by atoms with Crippen LogP contribution in [0, 0.1) is 5.41 Å². The van der Waals surface area contributed by atoms with Crippen LogP contribution in [0.4, 0.5) is 5.69 Å². The third-order valence-corrected chi connectivity index (χ3v) is 4.28. The zero-order chi connectivity index (χ0) is 14.9. The normalized spacial score (nSPS) is 21.1. The standard InChI is InChI=1S/C17H21N3O/c1-17(2)9-5-11-19-15(17)16(21)20-13-8-3-6-12-7-4-10-18-14(12)13/h3-4,6-8,10,15,19H,5,9,11H2,1-2H3,(H,20,21). The number of aromatic nitrogens is 1. The number of nitrogens with zero attached hydrogens (tertiary/aromatic N) is 1. The summed E-state index contributed by atoms with van der Waals surface area (Å²) in [7, 11) is 0. The van der Waals surface area contributed by atoms with Crippen LogP contribution in [-0.4, -0.2) is 23.5 Å². The van der Waals surface area contributed by atoms with Crippen molar-refractivity contribution >= 4 is 22.5 Å². The molecule has 1 saturated heterocycles. The average molecular weight is 283 g/mol. The number of benzene rings is 1. The fourth-order valence-corrected chi connectivity index (χ4v) is 3.07. The summed E-state index contributed by atoms with van der Waals surface area (Å²) in [4.78, 5) is 17.0. The molecule has 4 heteroatoms. The maximum atomic E-state index is 12.6. The van der Waals surface area contributed by atoms with Gasteiger partial charge in [0.2, 0.25) is 5.91 Å². The number of rotatable bonds is 2. The molecule has 1 aliphatic rings. The molecule has 0 saturated carbocycles. The van der Waals surface area contributed by atoms with Crippen LogP contribution in [-0.2, 0) is 4.79 Å².